The van der Waals surface area contributed by atoms with E-state index in [-0.39, 0.29) is 19.1 Å². The first-order valence-corrected chi connectivity index (χ1v) is 8.35. The lowest BCUT2D eigenvalue weighted by Crippen LogP contribution is -2.28. The zero-order valence-corrected chi connectivity index (χ0v) is 15.0. The Kier molecular flexibility index (Phi) is 7.41. The van der Waals surface area contributed by atoms with Crippen LogP contribution < -0.4 is 10.1 Å². The molecule has 7 heteroatoms. The van der Waals surface area contributed by atoms with E-state index in [1.807, 2.05) is 0 Å². The topological polar surface area (TPSA) is 64.6 Å². The van der Waals surface area contributed by atoms with E-state index in [0.29, 0.717) is 21.9 Å². The standard InChI is InChI=1S/C19H19ClFNO4/c1-13(23)22-9-10-25-19(24)18(15-5-7-16(20)8-6-15)26-17-4-2-3-14(11-17)12-21/h2-8,11,18H,9-10,12H2,1H3,(H,22,23). The van der Waals surface area contributed by atoms with Gasteiger partial charge in [0.25, 0.3) is 0 Å². The molecule has 0 radical (unpaired) electrons. The lowest BCUT2D eigenvalue weighted by atomic mass is 10.1. The number of hydrogen-bond donors (Lipinski definition) is 1. The first-order chi connectivity index (χ1) is 12.5. The van der Waals surface area contributed by atoms with Crippen molar-refractivity contribution in [2.75, 3.05) is 13.2 Å². The summed E-state index contributed by atoms with van der Waals surface area (Å²) in [6.45, 7) is 0.950. The second kappa shape index (κ2) is 9.77. The minimum Gasteiger partial charge on any atom is -0.474 e. The minimum absolute atomic E-state index is 0.0103. The Hall–Kier alpha value is -2.60. The molecular formula is C19H19ClFNO4. The monoisotopic (exact) mass is 379 g/mol. The molecule has 0 aliphatic rings. The smallest absolute Gasteiger partial charge is 0.352 e. The van der Waals surface area contributed by atoms with Crippen LogP contribution in [0.3, 0.4) is 0 Å². The van der Waals surface area contributed by atoms with Crippen molar-refractivity contribution in [1.82, 2.24) is 5.32 Å². The van der Waals surface area contributed by atoms with Crippen LogP contribution >= 0.6 is 11.6 Å². The Morgan fingerprint density at radius 2 is 1.92 bits per heavy atom. The quantitative estimate of drug-likeness (QED) is 0.562. The third-order valence-corrected chi connectivity index (χ3v) is 3.67. The lowest BCUT2D eigenvalue weighted by molar-refractivity contribution is -0.152. The highest BCUT2D eigenvalue weighted by Crippen LogP contribution is 2.25. The number of amides is 1. The molecule has 0 bridgehead atoms. The summed E-state index contributed by atoms with van der Waals surface area (Å²) in [5.74, 6) is -0.489. The molecule has 0 fully saturated rings. The molecule has 0 saturated heterocycles. The number of benzene rings is 2. The van der Waals surface area contributed by atoms with E-state index in [0.717, 1.165) is 0 Å². The summed E-state index contributed by atoms with van der Waals surface area (Å²) >= 11 is 5.89. The minimum atomic E-state index is -1.04. The molecule has 1 atom stereocenters. The van der Waals surface area contributed by atoms with E-state index in [1.54, 1.807) is 42.5 Å². The van der Waals surface area contributed by atoms with Gasteiger partial charge in [0, 0.05) is 17.5 Å². The lowest BCUT2D eigenvalue weighted by Gasteiger charge is -2.19. The molecule has 138 valence electrons. The van der Waals surface area contributed by atoms with Crippen molar-refractivity contribution in [3.05, 3.63) is 64.7 Å². The van der Waals surface area contributed by atoms with Crippen LogP contribution in [0.5, 0.6) is 5.75 Å². The zero-order chi connectivity index (χ0) is 18.9. The fourth-order valence-electron chi connectivity index (χ4n) is 2.18. The predicted molar refractivity (Wildman–Crippen MR) is 95.7 cm³/mol. The van der Waals surface area contributed by atoms with E-state index in [9.17, 15) is 14.0 Å². The molecule has 1 N–H and O–H groups in total. The third-order valence-electron chi connectivity index (χ3n) is 3.41. The summed E-state index contributed by atoms with van der Waals surface area (Å²) in [5.41, 5.74) is 0.987. The van der Waals surface area contributed by atoms with E-state index in [2.05, 4.69) is 5.32 Å². The van der Waals surface area contributed by atoms with Crippen LogP contribution in [-0.2, 0) is 21.0 Å². The van der Waals surface area contributed by atoms with Crippen LogP contribution in [0, 0.1) is 0 Å². The van der Waals surface area contributed by atoms with Gasteiger partial charge in [0.05, 0.1) is 6.54 Å². The van der Waals surface area contributed by atoms with Gasteiger partial charge in [-0.3, -0.25) is 4.79 Å². The van der Waals surface area contributed by atoms with Gasteiger partial charge < -0.3 is 14.8 Å². The summed E-state index contributed by atoms with van der Waals surface area (Å²) < 4.78 is 23.8. The molecule has 0 heterocycles. The Morgan fingerprint density at radius 1 is 1.19 bits per heavy atom. The van der Waals surface area contributed by atoms with Crippen molar-refractivity contribution in [3.8, 4) is 5.75 Å². The maximum atomic E-state index is 12.8. The molecule has 0 spiro atoms. The van der Waals surface area contributed by atoms with Crippen molar-refractivity contribution in [1.29, 1.82) is 0 Å². The Bertz CT molecular complexity index is 751. The first kappa shape index (κ1) is 19.7. The Labute approximate surface area is 156 Å². The molecular weight excluding hydrogens is 361 g/mol. The molecule has 1 amide bonds. The Balaban J connectivity index is 2.14. The van der Waals surface area contributed by atoms with Gasteiger partial charge in [0.1, 0.15) is 19.0 Å². The average molecular weight is 380 g/mol. The molecule has 26 heavy (non-hydrogen) atoms. The van der Waals surface area contributed by atoms with Crippen LogP contribution in [0.25, 0.3) is 0 Å². The number of esters is 1. The number of alkyl halides is 1. The van der Waals surface area contributed by atoms with Gasteiger partial charge in [-0.15, -0.1) is 0 Å². The van der Waals surface area contributed by atoms with Crippen LogP contribution in [0.4, 0.5) is 4.39 Å². The highest BCUT2D eigenvalue weighted by atomic mass is 35.5. The van der Waals surface area contributed by atoms with Gasteiger partial charge in [-0.1, -0.05) is 35.9 Å². The molecule has 2 aromatic rings. The van der Waals surface area contributed by atoms with Crippen molar-refractivity contribution in [2.45, 2.75) is 19.7 Å². The number of ether oxygens (including phenoxy) is 2. The second-order valence-corrected chi connectivity index (χ2v) is 5.92. The van der Waals surface area contributed by atoms with Crippen LogP contribution in [0.2, 0.25) is 5.02 Å². The zero-order valence-electron chi connectivity index (χ0n) is 14.2. The van der Waals surface area contributed by atoms with E-state index >= 15 is 0 Å². The van der Waals surface area contributed by atoms with E-state index < -0.39 is 18.7 Å². The maximum absolute atomic E-state index is 12.8. The van der Waals surface area contributed by atoms with Crippen LogP contribution in [0.1, 0.15) is 24.2 Å². The fourth-order valence-corrected chi connectivity index (χ4v) is 2.31. The number of hydrogen-bond acceptors (Lipinski definition) is 4. The summed E-state index contributed by atoms with van der Waals surface area (Å²) in [7, 11) is 0. The van der Waals surface area contributed by atoms with Crippen molar-refractivity contribution in [2.24, 2.45) is 0 Å². The SMILES string of the molecule is CC(=O)NCCOC(=O)C(Oc1cccc(CF)c1)c1ccc(Cl)cc1. The Morgan fingerprint density at radius 3 is 2.58 bits per heavy atom. The van der Waals surface area contributed by atoms with Gasteiger partial charge in [-0.05, 0) is 29.8 Å². The predicted octanol–water partition coefficient (Wildman–Crippen LogP) is 3.61. The summed E-state index contributed by atoms with van der Waals surface area (Å²) in [5, 5.41) is 3.06. The van der Waals surface area contributed by atoms with Gasteiger partial charge in [0.2, 0.25) is 12.0 Å². The average Bonchev–Trinajstić information content (AvgIpc) is 2.64. The van der Waals surface area contributed by atoms with Crippen molar-refractivity contribution < 1.29 is 23.5 Å². The molecule has 0 aliphatic heterocycles. The maximum Gasteiger partial charge on any atom is 0.352 e. The van der Waals surface area contributed by atoms with E-state index in [4.69, 9.17) is 21.1 Å². The van der Waals surface area contributed by atoms with Gasteiger partial charge in [0.15, 0.2) is 0 Å². The largest absolute Gasteiger partial charge is 0.474 e. The first-order valence-electron chi connectivity index (χ1n) is 7.97. The molecule has 2 aromatic carbocycles. The van der Waals surface area contributed by atoms with Crippen molar-refractivity contribution in [3.63, 3.8) is 0 Å². The van der Waals surface area contributed by atoms with Gasteiger partial charge in [-0.2, -0.15) is 0 Å². The fraction of sp³-hybridized carbons (Fsp3) is 0.263. The van der Waals surface area contributed by atoms with Crippen molar-refractivity contribution >= 4 is 23.5 Å². The molecule has 0 aromatic heterocycles. The molecule has 0 saturated carbocycles. The number of carbonyl (C=O) groups excluding carboxylic acids is 2. The van der Waals surface area contributed by atoms with E-state index in [1.165, 1.54) is 13.0 Å². The molecule has 2 rings (SSSR count). The van der Waals surface area contributed by atoms with Gasteiger partial charge in [-0.25, -0.2) is 9.18 Å². The second-order valence-electron chi connectivity index (χ2n) is 5.48. The summed E-state index contributed by atoms with van der Waals surface area (Å²) in [4.78, 5) is 23.3. The number of carbonyl (C=O) groups is 2. The summed E-state index contributed by atoms with van der Waals surface area (Å²) in [6, 6.07) is 13.0. The molecule has 5 nitrogen and oxygen atoms in total. The number of nitrogens with one attached hydrogen (secondary N) is 1. The number of rotatable bonds is 8. The molecule has 0 aliphatic carbocycles. The highest BCUT2D eigenvalue weighted by molar-refractivity contribution is 6.30. The number of halogens is 2. The van der Waals surface area contributed by atoms with Gasteiger partial charge >= 0.3 is 5.97 Å². The highest BCUT2D eigenvalue weighted by Gasteiger charge is 2.24. The normalized spacial score (nSPS) is 11.5. The molecule has 1 unspecified atom stereocenters. The summed E-state index contributed by atoms with van der Waals surface area (Å²) in [6.07, 6.45) is -1.04. The van der Waals surface area contributed by atoms with Crippen LogP contribution in [0.15, 0.2) is 48.5 Å². The third kappa shape index (κ3) is 6.04. The van der Waals surface area contributed by atoms with Crippen LogP contribution in [-0.4, -0.2) is 25.0 Å².